The third-order valence-corrected chi connectivity index (χ3v) is 7.94. The van der Waals surface area contributed by atoms with E-state index < -0.39 is 8.56 Å². The molecule has 0 aromatic carbocycles. The van der Waals surface area contributed by atoms with Crippen LogP contribution in [0.4, 0.5) is 0 Å². The standard InChI is InChI=1S/C18H40O2Si/c1-6-11-12-13-14-17-19-21(9-4,10-5)20-18(15-7-2)16-8-3/h18H,6-17H2,1-5H3. The Morgan fingerprint density at radius 3 is 1.76 bits per heavy atom. The highest BCUT2D eigenvalue weighted by Gasteiger charge is 2.35. The SMILES string of the molecule is CCCCCCCO[Si](CC)(CC)OC(CCC)CCC. The van der Waals surface area contributed by atoms with Gasteiger partial charge in [-0.25, -0.2) is 0 Å². The van der Waals surface area contributed by atoms with E-state index in [-0.39, 0.29) is 0 Å². The summed E-state index contributed by atoms with van der Waals surface area (Å²) < 4.78 is 12.9. The van der Waals surface area contributed by atoms with Crippen LogP contribution in [0.3, 0.4) is 0 Å². The molecule has 0 aliphatic heterocycles. The lowest BCUT2D eigenvalue weighted by Crippen LogP contribution is -2.44. The molecule has 3 heteroatoms. The first-order chi connectivity index (χ1) is 10.2. The minimum absolute atomic E-state index is 0.423. The van der Waals surface area contributed by atoms with Gasteiger partial charge in [-0.2, -0.15) is 0 Å². The van der Waals surface area contributed by atoms with Crippen molar-refractivity contribution >= 4 is 8.56 Å². The Hall–Kier alpha value is 0.137. The summed E-state index contributed by atoms with van der Waals surface area (Å²) in [5, 5.41) is 0. The van der Waals surface area contributed by atoms with Crippen LogP contribution in [-0.2, 0) is 8.85 Å². The minimum Gasteiger partial charge on any atom is -0.394 e. The van der Waals surface area contributed by atoms with Gasteiger partial charge in [0.2, 0.25) is 0 Å². The maximum atomic E-state index is 6.56. The minimum atomic E-state index is -1.95. The predicted molar refractivity (Wildman–Crippen MR) is 96.1 cm³/mol. The van der Waals surface area contributed by atoms with E-state index in [0.717, 1.165) is 18.7 Å². The van der Waals surface area contributed by atoms with Crippen molar-refractivity contribution in [2.24, 2.45) is 0 Å². The highest BCUT2D eigenvalue weighted by atomic mass is 28.4. The van der Waals surface area contributed by atoms with Gasteiger partial charge in [-0.3, -0.25) is 0 Å². The third kappa shape index (κ3) is 9.70. The van der Waals surface area contributed by atoms with Crippen molar-refractivity contribution in [3.05, 3.63) is 0 Å². The zero-order valence-electron chi connectivity index (χ0n) is 15.4. The van der Waals surface area contributed by atoms with Crippen LogP contribution < -0.4 is 0 Å². The topological polar surface area (TPSA) is 18.5 Å². The van der Waals surface area contributed by atoms with Crippen LogP contribution in [-0.4, -0.2) is 21.3 Å². The van der Waals surface area contributed by atoms with Gasteiger partial charge in [-0.1, -0.05) is 73.1 Å². The second kappa shape index (κ2) is 13.8. The molecule has 0 heterocycles. The highest BCUT2D eigenvalue weighted by Crippen LogP contribution is 2.24. The second-order valence-corrected chi connectivity index (χ2v) is 9.96. The molecule has 0 aromatic rings. The lowest BCUT2D eigenvalue weighted by atomic mass is 10.1. The lowest BCUT2D eigenvalue weighted by Gasteiger charge is -2.33. The molecule has 0 unspecified atom stereocenters. The van der Waals surface area contributed by atoms with Crippen molar-refractivity contribution in [3.8, 4) is 0 Å². The Labute approximate surface area is 135 Å². The predicted octanol–water partition coefficient (Wildman–Crippen LogP) is 6.44. The molecule has 0 N–H and O–H groups in total. The van der Waals surface area contributed by atoms with Crippen LogP contribution in [0.5, 0.6) is 0 Å². The highest BCUT2D eigenvalue weighted by molar-refractivity contribution is 6.67. The van der Waals surface area contributed by atoms with Gasteiger partial charge in [0.1, 0.15) is 0 Å². The Morgan fingerprint density at radius 1 is 0.714 bits per heavy atom. The molecule has 21 heavy (non-hydrogen) atoms. The quantitative estimate of drug-likeness (QED) is 0.255. The molecule has 0 aromatic heterocycles. The fraction of sp³-hybridized carbons (Fsp3) is 1.00. The van der Waals surface area contributed by atoms with E-state index in [2.05, 4.69) is 34.6 Å². The van der Waals surface area contributed by atoms with Crippen LogP contribution in [0, 0.1) is 0 Å². The number of unbranched alkanes of at least 4 members (excludes halogenated alkanes) is 4. The molecule has 0 saturated carbocycles. The lowest BCUT2D eigenvalue weighted by molar-refractivity contribution is 0.0983. The first-order valence-corrected chi connectivity index (χ1v) is 11.7. The maximum absolute atomic E-state index is 6.56. The fourth-order valence-corrected chi connectivity index (χ4v) is 5.50. The van der Waals surface area contributed by atoms with E-state index in [4.69, 9.17) is 8.85 Å². The number of hydrogen-bond acceptors (Lipinski definition) is 2. The fourth-order valence-electron chi connectivity index (χ4n) is 2.83. The zero-order valence-corrected chi connectivity index (χ0v) is 16.4. The Bertz CT molecular complexity index is 211. The van der Waals surface area contributed by atoms with Crippen LogP contribution >= 0.6 is 0 Å². The molecule has 0 fully saturated rings. The molecule has 0 bridgehead atoms. The average Bonchev–Trinajstić information content (AvgIpc) is 2.50. The Kier molecular flexibility index (Phi) is 13.9. The van der Waals surface area contributed by atoms with E-state index in [1.54, 1.807) is 0 Å². The van der Waals surface area contributed by atoms with Crippen LogP contribution in [0.15, 0.2) is 0 Å². The van der Waals surface area contributed by atoms with Crippen molar-refractivity contribution < 1.29 is 8.85 Å². The van der Waals surface area contributed by atoms with Gasteiger partial charge in [-0.05, 0) is 31.4 Å². The molecule has 2 nitrogen and oxygen atoms in total. The van der Waals surface area contributed by atoms with Crippen molar-refractivity contribution in [3.63, 3.8) is 0 Å². The Morgan fingerprint density at radius 2 is 1.29 bits per heavy atom. The van der Waals surface area contributed by atoms with Gasteiger partial charge in [0.05, 0.1) is 0 Å². The first kappa shape index (κ1) is 21.1. The molecule has 0 radical (unpaired) electrons. The summed E-state index contributed by atoms with van der Waals surface area (Å²) in [6.07, 6.45) is 11.7. The summed E-state index contributed by atoms with van der Waals surface area (Å²) in [4.78, 5) is 0. The second-order valence-electron chi connectivity index (χ2n) is 6.20. The van der Waals surface area contributed by atoms with E-state index in [1.165, 1.54) is 57.8 Å². The largest absolute Gasteiger partial charge is 0.394 e. The van der Waals surface area contributed by atoms with E-state index in [0.29, 0.717) is 6.10 Å². The summed E-state index contributed by atoms with van der Waals surface area (Å²) in [5.41, 5.74) is 0. The molecule has 0 spiro atoms. The van der Waals surface area contributed by atoms with Crippen LogP contribution in [0.25, 0.3) is 0 Å². The van der Waals surface area contributed by atoms with Gasteiger partial charge in [-0.15, -0.1) is 0 Å². The van der Waals surface area contributed by atoms with Crippen molar-refractivity contribution in [1.29, 1.82) is 0 Å². The van der Waals surface area contributed by atoms with E-state index >= 15 is 0 Å². The van der Waals surface area contributed by atoms with Gasteiger partial charge in [0.25, 0.3) is 0 Å². The smallest absolute Gasteiger partial charge is 0.337 e. The van der Waals surface area contributed by atoms with Gasteiger partial charge < -0.3 is 8.85 Å². The molecular formula is C18H40O2Si. The molecule has 0 saturated heterocycles. The molecule has 128 valence electrons. The molecule has 0 amide bonds. The van der Waals surface area contributed by atoms with Crippen LogP contribution in [0.2, 0.25) is 12.1 Å². The third-order valence-electron chi connectivity index (χ3n) is 4.29. The zero-order chi connectivity index (χ0) is 16.0. The van der Waals surface area contributed by atoms with Crippen molar-refractivity contribution in [1.82, 2.24) is 0 Å². The number of hydrogen-bond donors (Lipinski definition) is 0. The van der Waals surface area contributed by atoms with Gasteiger partial charge in [0.15, 0.2) is 0 Å². The van der Waals surface area contributed by atoms with Crippen LogP contribution in [0.1, 0.15) is 92.4 Å². The maximum Gasteiger partial charge on any atom is 0.337 e. The molecular weight excluding hydrogens is 276 g/mol. The Balaban J connectivity index is 4.25. The molecule has 0 rings (SSSR count). The monoisotopic (exact) mass is 316 g/mol. The molecule has 0 atom stereocenters. The van der Waals surface area contributed by atoms with E-state index in [1.807, 2.05) is 0 Å². The summed E-state index contributed by atoms with van der Waals surface area (Å²) in [5.74, 6) is 0. The first-order valence-electron chi connectivity index (χ1n) is 9.49. The average molecular weight is 317 g/mol. The van der Waals surface area contributed by atoms with Gasteiger partial charge in [0, 0.05) is 12.7 Å². The summed E-state index contributed by atoms with van der Waals surface area (Å²) in [6.45, 7) is 12.2. The van der Waals surface area contributed by atoms with E-state index in [9.17, 15) is 0 Å². The normalized spacial score (nSPS) is 12.3. The van der Waals surface area contributed by atoms with Gasteiger partial charge >= 0.3 is 8.56 Å². The number of rotatable bonds is 15. The summed E-state index contributed by atoms with van der Waals surface area (Å²) in [6, 6.07) is 2.17. The summed E-state index contributed by atoms with van der Waals surface area (Å²) in [7, 11) is -1.95. The molecule has 0 aliphatic carbocycles. The van der Waals surface area contributed by atoms with Crippen molar-refractivity contribution in [2.45, 2.75) is 111 Å². The van der Waals surface area contributed by atoms with Crippen molar-refractivity contribution in [2.75, 3.05) is 6.61 Å². The summed E-state index contributed by atoms with van der Waals surface area (Å²) >= 11 is 0. The molecule has 0 aliphatic rings.